The molecule has 0 saturated heterocycles. The van der Waals surface area contributed by atoms with Gasteiger partial charge in [0, 0.05) is 24.3 Å². The van der Waals surface area contributed by atoms with Gasteiger partial charge in [-0.1, -0.05) is 72.8 Å². The van der Waals surface area contributed by atoms with Gasteiger partial charge in [0.15, 0.2) is 9.84 Å². The summed E-state index contributed by atoms with van der Waals surface area (Å²) in [5, 5.41) is 2.98. The van der Waals surface area contributed by atoms with Crippen molar-refractivity contribution in [3.8, 4) is 0 Å². The Morgan fingerprint density at radius 2 is 1.34 bits per heavy atom. The van der Waals surface area contributed by atoms with E-state index in [9.17, 15) is 13.2 Å². The maximum Gasteiger partial charge on any atom is 0.251 e. The van der Waals surface area contributed by atoms with Gasteiger partial charge in [0.1, 0.15) is 0 Å². The predicted molar refractivity (Wildman–Crippen MR) is 117 cm³/mol. The summed E-state index contributed by atoms with van der Waals surface area (Å²) in [5.74, 6) is 0.0238. The summed E-state index contributed by atoms with van der Waals surface area (Å²) in [6, 6.07) is 27.3. The van der Waals surface area contributed by atoms with Crippen LogP contribution in [-0.2, 0) is 15.6 Å². The molecular formula is C24H25NO3S. The summed E-state index contributed by atoms with van der Waals surface area (Å²) in [5.41, 5.74) is 3.65. The third-order valence-corrected chi connectivity index (χ3v) is 5.63. The Morgan fingerprint density at radius 1 is 0.828 bits per heavy atom. The number of sulfone groups is 1. The quantitative estimate of drug-likeness (QED) is 0.609. The fraction of sp³-hybridized carbons (Fsp3) is 0.208. The Balaban J connectivity index is 1.63. The van der Waals surface area contributed by atoms with Gasteiger partial charge in [-0.05, 0) is 35.2 Å². The fourth-order valence-corrected chi connectivity index (χ4v) is 4.18. The Morgan fingerprint density at radius 3 is 1.83 bits per heavy atom. The van der Waals surface area contributed by atoms with Crippen LogP contribution < -0.4 is 5.32 Å². The van der Waals surface area contributed by atoms with Gasteiger partial charge in [0.05, 0.1) is 5.75 Å². The van der Waals surface area contributed by atoms with Crippen molar-refractivity contribution < 1.29 is 13.2 Å². The van der Waals surface area contributed by atoms with E-state index < -0.39 is 9.84 Å². The molecule has 0 fully saturated rings. The lowest BCUT2D eigenvalue weighted by Gasteiger charge is -2.18. The Kier molecular flexibility index (Phi) is 6.83. The fourth-order valence-electron chi connectivity index (χ4n) is 3.38. The summed E-state index contributed by atoms with van der Waals surface area (Å²) in [6.07, 6.45) is 1.98. The highest BCUT2D eigenvalue weighted by atomic mass is 32.2. The van der Waals surface area contributed by atoms with Crippen LogP contribution in [0, 0.1) is 0 Å². The molecule has 0 spiro atoms. The second-order valence-corrected chi connectivity index (χ2v) is 9.33. The SMILES string of the molecule is CS(=O)(=O)Cc1ccc(C(=O)NCCC(c2ccccc2)c2ccccc2)cc1. The van der Waals surface area contributed by atoms with Gasteiger partial charge in [0.25, 0.3) is 5.91 Å². The highest BCUT2D eigenvalue weighted by Gasteiger charge is 2.14. The zero-order valence-electron chi connectivity index (χ0n) is 16.4. The molecule has 0 aliphatic heterocycles. The van der Waals surface area contributed by atoms with Crippen molar-refractivity contribution in [1.82, 2.24) is 5.32 Å². The highest BCUT2D eigenvalue weighted by molar-refractivity contribution is 7.89. The molecule has 3 aromatic rings. The van der Waals surface area contributed by atoms with Crippen molar-refractivity contribution in [3.05, 3.63) is 107 Å². The van der Waals surface area contributed by atoms with Crippen molar-refractivity contribution >= 4 is 15.7 Å². The maximum absolute atomic E-state index is 12.5. The minimum atomic E-state index is -3.09. The number of hydrogen-bond acceptors (Lipinski definition) is 3. The zero-order valence-corrected chi connectivity index (χ0v) is 17.2. The zero-order chi connectivity index (χ0) is 20.7. The first kappa shape index (κ1) is 20.8. The summed E-state index contributed by atoms with van der Waals surface area (Å²) in [7, 11) is -3.09. The molecule has 0 bridgehead atoms. The number of carbonyl (C=O) groups is 1. The van der Waals surface area contributed by atoms with Crippen LogP contribution in [-0.4, -0.2) is 27.1 Å². The van der Waals surface area contributed by atoms with Gasteiger partial charge in [0.2, 0.25) is 0 Å². The van der Waals surface area contributed by atoms with Gasteiger partial charge in [-0.3, -0.25) is 4.79 Å². The van der Waals surface area contributed by atoms with Crippen molar-refractivity contribution in [3.63, 3.8) is 0 Å². The van der Waals surface area contributed by atoms with E-state index in [0.29, 0.717) is 17.7 Å². The van der Waals surface area contributed by atoms with E-state index in [1.807, 2.05) is 36.4 Å². The van der Waals surface area contributed by atoms with E-state index in [1.54, 1.807) is 24.3 Å². The van der Waals surface area contributed by atoms with Crippen LogP contribution >= 0.6 is 0 Å². The number of carbonyl (C=O) groups excluding carboxylic acids is 1. The normalized spacial score (nSPS) is 11.4. The summed E-state index contributed by atoms with van der Waals surface area (Å²) in [6.45, 7) is 0.540. The monoisotopic (exact) mass is 407 g/mol. The minimum Gasteiger partial charge on any atom is -0.352 e. The molecule has 3 aromatic carbocycles. The smallest absolute Gasteiger partial charge is 0.251 e. The molecule has 0 atom stereocenters. The van der Waals surface area contributed by atoms with E-state index in [0.717, 1.165) is 6.42 Å². The minimum absolute atomic E-state index is 0.0231. The van der Waals surface area contributed by atoms with E-state index in [1.165, 1.54) is 17.4 Å². The van der Waals surface area contributed by atoms with Crippen LogP contribution in [0.3, 0.4) is 0 Å². The second-order valence-electron chi connectivity index (χ2n) is 7.19. The van der Waals surface area contributed by atoms with Crippen LogP contribution in [0.5, 0.6) is 0 Å². The maximum atomic E-state index is 12.5. The first-order chi connectivity index (χ1) is 13.9. The Bertz CT molecular complexity index is 991. The van der Waals surface area contributed by atoms with E-state index in [4.69, 9.17) is 0 Å². The summed E-state index contributed by atoms with van der Waals surface area (Å²) in [4.78, 5) is 12.5. The molecule has 5 heteroatoms. The van der Waals surface area contributed by atoms with Crippen molar-refractivity contribution in [2.45, 2.75) is 18.1 Å². The third kappa shape index (κ3) is 6.29. The molecule has 29 heavy (non-hydrogen) atoms. The molecule has 4 nitrogen and oxygen atoms in total. The predicted octanol–water partition coefficient (Wildman–Crippen LogP) is 4.18. The van der Waals surface area contributed by atoms with Crippen LogP contribution in [0.15, 0.2) is 84.9 Å². The van der Waals surface area contributed by atoms with Gasteiger partial charge in [-0.2, -0.15) is 0 Å². The average Bonchev–Trinajstić information content (AvgIpc) is 2.72. The number of benzene rings is 3. The molecule has 0 radical (unpaired) electrons. The van der Waals surface area contributed by atoms with Crippen molar-refractivity contribution in [1.29, 1.82) is 0 Å². The largest absolute Gasteiger partial charge is 0.352 e. The summed E-state index contributed by atoms with van der Waals surface area (Å²) >= 11 is 0. The highest BCUT2D eigenvalue weighted by Crippen LogP contribution is 2.27. The Labute approximate surface area is 172 Å². The molecule has 0 aliphatic rings. The van der Waals surface area contributed by atoms with Crippen LogP contribution in [0.2, 0.25) is 0 Å². The molecule has 0 aromatic heterocycles. The lowest BCUT2D eigenvalue weighted by molar-refractivity contribution is 0.0953. The molecule has 150 valence electrons. The van der Waals surface area contributed by atoms with Crippen LogP contribution in [0.4, 0.5) is 0 Å². The molecule has 1 amide bonds. The first-order valence-electron chi connectivity index (χ1n) is 9.57. The van der Waals surface area contributed by atoms with Crippen LogP contribution in [0.1, 0.15) is 39.4 Å². The molecule has 0 saturated carbocycles. The lowest BCUT2D eigenvalue weighted by atomic mass is 9.88. The number of nitrogens with one attached hydrogen (secondary N) is 1. The van der Waals surface area contributed by atoms with Crippen LogP contribution in [0.25, 0.3) is 0 Å². The van der Waals surface area contributed by atoms with Gasteiger partial charge in [-0.25, -0.2) is 8.42 Å². The number of rotatable bonds is 8. The lowest BCUT2D eigenvalue weighted by Crippen LogP contribution is -2.25. The number of amides is 1. The molecule has 3 rings (SSSR count). The molecular weight excluding hydrogens is 382 g/mol. The first-order valence-corrected chi connectivity index (χ1v) is 11.6. The van der Waals surface area contributed by atoms with Gasteiger partial charge in [-0.15, -0.1) is 0 Å². The third-order valence-electron chi connectivity index (χ3n) is 4.77. The molecule has 0 aliphatic carbocycles. The topological polar surface area (TPSA) is 63.2 Å². The summed E-state index contributed by atoms with van der Waals surface area (Å²) < 4.78 is 22.8. The molecule has 1 N–H and O–H groups in total. The van der Waals surface area contributed by atoms with E-state index >= 15 is 0 Å². The molecule has 0 heterocycles. The standard InChI is InChI=1S/C24H25NO3S/c1-29(27,28)18-19-12-14-22(15-13-19)24(26)25-17-16-23(20-8-4-2-5-9-20)21-10-6-3-7-11-21/h2-15,23H,16-18H2,1H3,(H,25,26). The van der Waals surface area contributed by atoms with Gasteiger partial charge < -0.3 is 5.32 Å². The van der Waals surface area contributed by atoms with Crippen molar-refractivity contribution in [2.75, 3.05) is 12.8 Å². The average molecular weight is 408 g/mol. The Hall–Kier alpha value is -2.92. The van der Waals surface area contributed by atoms with Crippen molar-refractivity contribution in [2.24, 2.45) is 0 Å². The second kappa shape index (κ2) is 9.52. The van der Waals surface area contributed by atoms with E-state index in [2.05, 4.69) is 29.6 Å². The van der Waals surface area contributed by atoms with E-state index in [-0.39, 0.29) is 17.6 Å². The molecule has 0 unspecified atom stereocenters. The van der Waals surface area contributed by atoms with Gasteiger partial charge >= 0.3 is 0 Å². The number of hydrogen-bond donors (Lipinski definition) is 1.